The molecule has 0 fully saturated rings. The zero-order chi connectivity index (χ0) is 24.6. The lowest BCUT2D eigenvalue weighted by Gasteiger charge is -2.44. The van der Waals surface area contributed by atoms with Crippen molar-refractivity contribution in [3.63, 3.8) is 0 Å². The van der Waals surface area contributed by atoms with Gasteiger partial charge in [0.1, 0.15) is 5.60 Å². The van der Waals surface area contributed by atoms with Crippen molar-refractivity contribution in [1.82, 2.24) is 9.13 Å². The summed E-state index contributed by atoms with van der Waals surface area (Å²) in [6, 6.07) is 4.38. The Morgan fingerprint density at radius 3 is 2.03 bits per heavy atom. The molecule has 0 aliphatic heterocycles. The number of carbonyl (C=O) groups excluding carboxylic acids is 1. The molecule has 1 N–H and O–H groups in total. The number of nitrogens with one attached hydrogen (secondary N) is 1. The molecule has 180 valence electrons. The topological polar surface area (TPSA) is 46.5 Å². The van der Waals surface area contributed by atoms with Crippen LogP contribution in [0.3, 0.4) is 0 Å². The summed E-state index contributed by atoms with van der Waals surface area (Å²) in [5, 5.41) is 4.24. The summed E-state index contributed by atoms with van der Waals surface area (Å²) in [4.78, 5) is 14.9. The van der Waals surface area contributed by atoms with Gasteiger partial charge in [-0.15, -0.1) is 0 Å². The van der Waals surface area contributed by atoms with Crippen molar-refractivity contribution in [3.8, 4) is 0 Å². The molecule has 1 aromatic heterocycles. The third-order valence-electron chi connectivity index (χ3n) is 6.56. The van der Waals surface area contributed by atoms with Crippen LogP contribution in [0.15, 0.2) is 18.3 Å². The molecule has 2 aromatic rings. The lowest BCUT2D eigenvalue weighted by molar-refractivity contribution is 0.0636. The van der Waals surface area contributed by atoms with Gasteiger partial charge >= 0.3 is 6.09 Å². The first kappa shape index (κ1) is 26.5. The summed E-state index contributed by atoms with van der Waals surface area (Å²) in [5.74, 6) is 0. The average Bonchev–Trinajstić information content (AvgIpc) is 2.93. The third kappa shape index (κ3) is 5.06. The van der Waals surface area contributed by atoms with E-state index < -0.39 is 19.9 Å². The highest BCUT2D eigenvalue weighted by Gasteiger charge is 2.46. The first-order chi connectivity index (χ1) is 14.6. The van der Waals surface area contributed by atoms with Crippen LogP contribution in [-0.2, 0) is 11.3 Å². The number of anilines is 1. The zero-order valence-electron chi connectivity index (χ0n) is 22.4. The van der Waals surface area contributed by atoms with Crippen molar-refractivity contribution in [3.05, 3.63) is 29.5 Å². The van der Waals surface area contributed by atoms with Gasteiger partial charge in [0.25, 0.3) is 0 Å². The molecule has 0 aliphatic rings. The van der Waals surface area contributed by atoms with E-state index in [-0.39, 0.29) is 0 Å². The summed E-state index contributed by atoms with van der Waals surface area (Å²) in [6.07, 6.45) is 1.98. The van der Waals surface area contributed by atoms with E-state index in [1.807, 2.05) is 20.8 Å². The van der Waals surface area contributed by atoms with Gasteiger partial charge in [0.2, 0.25) is 0 Å². The number of rotatable bonds is 7. The molecule has 0 unspecified atom stereocenters. The monoisotopic (exact) mass is 459 g/mol. The molecule has 32 heavy (non-hydrogen) atoms. The van der Waals surface area contributed by atoms with Gasteiger partial charge in [-0.2, -0.15) is 0 Å². The van der Waals surface area contributed by atoms with Crippen molar-refractivity contribution < 1.29 is 9.53 Å². The number of hydrogen-bond donors (Lipinski definition) is 1. The van der Waals surface area contributed by atoms with Crippen molar-refractivity contribution >= 4 is 30.9 Å². The summed E-state index contributed by atoms with van der Waals surface area (Å²) >= 11 is 0. The molecule has 6 heteroatoms. The third-order valence-corrected chi connectivity index (χ3v) is 13.3. The van der Waals surface area contributed by atoms with E-state index in [9.17, 15) is 4.79 Å². The second-order valence-corrected chi connectivity index (χ2v) is 17.1. The van der Waals surface area contributed by atoms with Crippen LogP contribution in [0, 0.1) is 6.92 Å². The van der Waals surface area contributed by atoms with Crippen LogP contribution >= 0.6 is 0 Å². The molecular weight excluding hydrogens is 414 g/mol. The fourth-order valence-electron chi connectivity index (χ4n) is 5.69. The van der Waals surface area contributed by atoms with Crippen molar-refractivity contribution in [1.29, 1.82) is 0 Å². The van der Waals surface area contributed by atoms with Gasteiger partial charge in [-0.05, 0) is 75.6 Å². The molecule has 0 bridgehead atoms. The first-order valence-electron chi connectivity index (χ1n) is 11.9. The number of fused-ring (bicyclic) bond motifs is 1. The number of hydrogen-bond acceptors (Lipinski definition) is 3. The van der Waals surface area contributed by atoms with Crippen LogP contribution in [-0.4, -0.2) is 43.2 Å². The lowest BCUT2D eigenvalue weighted by Crippen LogP contribution is -2.51. The maximum atomic E-state index is 12.7. The molecule has 0 saturated carbocycles. The van der Waals surface area contributed by atoms with E-state index in [4.69, 9.17) is 4.74 Å². The lowest BCUT2D eigenvalue weighted by atomic mass is 10.1. The van der Waals surface area contributed by atoms with Crippen LogP contribution in [0.25, 0.3) is 10.9 Å². The summed E-state index contributed by atoms with van der Waals surface area (Å²) in [7, 11) is 2.23. The van der Waals surface area contributed by atoms with E-state index in [0.717, 1.165) is 23.2 Å². The fraction of sp³-hybridized carbons (Fsp3) is 0.654. The Morgan fingerprint density at radius 2 is 1.59 bits per heavy atom. The molecule has 0 radical (unpaired) electrons. The van der Waals surface area contributed by atoms with Gasteiger partial charge in [0.05, 0.1) is 5.69 Å². The predicted octanol–water partition coefficient (Wildman–Crippen LogP) is 7.38. The van der Waals surface area contributed by atoms with Gasteiger partial charge in [-0.3, -0.25) is 5.32 Å². The molecule has 0 aliphatic carbocycles. The van der Waals surface area contributed by atoms with Crippen molar-refractivity contribution in [2.45, 2.75) is 98.0 Å². The van der Waals surface area contributed by atoms with Crippen LogP contribution in [0.2, 0.25) is 16.6 Å². The van der Waals surface area contributed by atoms with E-state index in [1.54, 1.807) is 0 Å². The van der Waals surface area contributed by atoms with E-state index >= 15 is 0 Å². The van der Waals surface area contributed by atoms with Crippen LogP contribution in [0.1, 0.15) is 73.4 Å². The largest absolute Gasteiger partial charge is 0.444 e. The quantitative estimate of drug-likeness (QED) is 0.439. The standard InChI is InChI=1S/C26H45N3O2Si/c1-17(2)32(18(3)4,19(5)6)29-16-21(15-28(11)12)23-22(29)14-13-20(7)24(23)27-25(30)31-26(8,9)10/h13-14,16-19H,15H2,1-12H3,(H,27,30). The highest BCUT2D eigenvalue weighted by molar-refractivity contribution is 6.82. The van der Waals surface area contributed by atoms with Crippen LogP contribution in [0.4, 0.5) is 10.5 Å². The molecule has 0 saturated heterocycles. The number of aromatic nitrogens is 1. The second-order valence-electron chi connectivity index (χ2n) is 11.4. The smallest absolute Gasteiger partial charge is 0.412 e. The second kappa shape index (κ2) is 9.60. The summed E-state index contributed by atoms with van der Waals surface area (Å²) < 4.78 is 8.24. The highest BCUT2D eigenvalue weighted by Crippen LogP contribution is 2.46. The Bertz CT molecular complexity index is 930. The number of aryl methyl sites for hydroxylation is 1. The molecular formula is C26H45N3O2Si. The SMILES string of the molecule is Cc1ccc2c(c(CN(C)C)cn2[Si](C(C)C)(C(C)C)C(C)C)c1NC(=O)OC(C)(C)C. The Morgan fingerprint density at radius 1 is 1.06 bits per heavy atom. The Kier molecular flexibility index (Phi) is 7.94. The van der Waals surface area contributed by atoms with Crippen LogP contribution < -0.4 is 5.32 Å². The van der Waals surface area contributed by atoms with Gasteiger partial charge in [-0.25, -0.2) is 4.79 Å². The number of carbonyl (C=O) groups is 1. The number of benzene rings is 1. The minimum absolute atomic E-state index is 0.406. The minimum atomic E-state index is -1.96. The molecule has 0 atom stereocenters. The molecule has 1 heterocycles. The van der Waals surface area contributed by atoms with Crippen LogP contribution in [0.5, 0.6) is 0 Å². The average molecular weight is 460 g/mol. The Hall–Kier alpha value is -1.79. The predicted molar refractivity (Wildman–Crippen MR) is 140 cm³/mol. The number of ether oxygens (including phenoxy) is 1. The summed E-state index contributed by atoms with van der Waals surface area (Å²) in [6.45, 7) is 22.9. The Balaban J connectivity index is 2.86. The van der Waals surface area contributed by atoms with E-state index in [2.05, 4.69) is 95.3 Å². The maximum Gasteiger partial charge on any atom is 0.412 e. The molecule has 5 nitrogen and oxygen atoms in total. The summed E-state index contributed by atoms with van der Waals surface area (Å²) in [5.41, 5.74) is 5.58. The van der Waals surface area contributed by atoms with Crippen molar-refractivity contribution in [2.24, 2.45) is 0 Å². The molecule has 1 aromatic carbocycles. The number of amides is 1. The molecule has 2 rings (SSSR count). The van der Waals surface area contributed by atoms with Crippen molar-refractivity contribution in [2.75, 3.05) is 19.4 Å². The fourth-order valence-corrected chi connectivity index (χ4v) is 12.3. The van der Waals surface area contributed by atoms with E-state index in [0.29, 0.717) is 16.6 Å². The van der Waals surface area contributed by atoms with E-state index in [1.165, 1.54) is 11.1 Å². The normalized spacial score (nSPS) is 13.1. The highest BCUT2D eigenvalue weighted by atomic mass is 28.3. The molecule has 0 spiro atoms. The minimum Gasteiger partial charge on any atom is -0.444 e. The van der Waals surface area contributed by atoms with Gasteiger partial charge < -0.3 is 13.9 Å². The maximum absolute atomic E-state index is 12.7. The number of nitrogens with zero attached hydrogens (tertiary/aromatic N) is 2. The molecule has 1 amide bonds. The van der Waals surface area contributed by atoms with Gasteiger partial charge in [-0.1, -0.05) is 47.6 Å². The zero-order valence-corrected chi connectivity index (χ0v) is 23.4. The Labute approximate surface area is 196 Å². The van der Waals surface area contributed by atoms with Gasteiger partial charge in [0, 0.05) is 23.6 Å². The van der Waals surface area contributed by atoms with Gasteiger partial charge in [0.15, 0.2) is 8.24 Å². The first-order valence-corrected chi connectivity index (χ1v) is 14.1.